The average molecular weight is 293 g/mol. The molecular formula is C13H22F3N3O. The number of carbonyl (C=O) groups is 1. The van der Waals surface area contributed by atoms with Crippen molar-refractivity contribution >= 4 is 5.91 Å². The van der Waals surface area contributed by atoms with Crippen LogP contribution in [0.3, 0.4) is 0 Å². The summed E-state index contributed by atoms with van der Waals surface area (Å²) in [4.78, 5) is 13.9. The van der Waals surface area contributed by atoms with Gasteiger partial charge in [0.25, 0.3) is 0 Å². The van der Waals surface area contributed by atoms with Gasteiger partial charge in [0.1, 0.15) is 6.54 Å². The lowest BCUT2D eigenvalue weighted by Crippen LogP contribution is -2.40. The Labute approximate surface area is 117 Å². The van der Waals surface area contributed by atoms with Gasteiger partial charge in [0, 0.05) is 19.6 Å². The number of amides is 1. The third kappa shape index (κ3) is 4.34. The Hall–Kier alpha value is -0.820. The maximum Gasteiger partial charge on any atom is 0.405 e. The van der Waals surface area contributed by atoms with Gasteiger partial charge in [-0.25, -0.2) is 0 Å². The van der Waals surface area contributed by atoms with E-state index in [2.05, 4.69) is 17.1 Å². The molecule has 0 aromatic rings. The number of hydrogen-bond acceptors (Lipinski definition) is 3. The van der Waals surface area contributed by atoms with Gasteiger partial charge in [-0.3, -0.25) is 4.79 Å². The van der Waals surface area contributed by atoms with Crippen LogP contribution < -0.4 is 10.6 Å². The fourth-order valence-electron chi connectivity index (χ4n) is 3.07. The third-order valence-electron chi connectivity index (χ3n) is 4.17. The molecular weight excluding hydrogens is 271 g/mol. The molecule has 2 saturated heterocycles. The summed E-state index contributed by atoms with van der Waals surface area (Å²) >= 11 is 0. The minimum atomic E-state index is -4.34. The number of hydrogen-bond donors (Lipinski definition) is 2. The highest BCUT2D eigenvalue weighted by Crippen LogP contribution is 2.28. The van der Waals surface area contributed by atoms with Crippen molar-refractivity contribution in [1.29, 1.82) is 0 Å². The predicted molar refractivity (Wildman–Crippen MR) is 69.2 cm³/mol. The molecule has 0 aromatic carbocycles. The Balaban J connectivity index is 1.75. The summed E-state index contributed by atoms with van der Waals surface area (Å²) in [5.41, 5.74) is 0.220. The summed E-state index contributed by atoms with van der Waals surface area (Å²) in [5, 5.41) is 5.31. The second-order valence-corrected chi connectivity index (χ2v) is 6.29. The maximum atomic E-state index is 12.1. The first kappa shape index (κ1) is 15.6. The van der Waals surface area contributed by atoms with Crippen LogP contribution in [0.1, 0.15) is 19.8 Å². The molecule has 0 radical (unpaired) electrons. The highest BCUT2D eigenvalue weighted by atomic mass is 19.4. The van der Waals surface area contributed by atoms with Crippen molar-refractivity contribution in [2.24, 2.45) is 11.3 Å². The lowest BCUT2D eigenvalue weighted by atomic mass is 9.89. The monoisotopic (exact) mass is 293 g/mol. The lowest BCUT2D eigenvalue weighted by Gasteiger charge is -2.29. The molecule has 20 heavy (non-hydrogen) atoms. The lowest BCUT2D eigenvalue weighted by molar-refractivity contribution is -0.140. The average Bonchev–Trinajstić information content (AvgIpc) is 2.95. The van der Waals surface area contributed by atoms with Gasteiger partial charge in [0.05, 0.1) is 5.92 Å². The van der Waals surface area contributed by atoms with E-state index in [1.54, 1.807) is 0 Å². The Morgan fingerprint density at radius 3 is 2.85 bits per heavy atom. The number of carbonyl (C=O) groups excluding carboxylic acids is 1. The zero-order chi connectivity index (χ0) is 14.8. The van der Waals surface area contributed by atoms with Crippen molar-refractivity contribution < 1.29 is 18.0 Å². The van der Waals surface area contributed by atoms with E-state index in [9.17, 15) is 18.0 Å². The summed E-state index contributed by atoms with van der Waals surface area (Å²) in [7, 11) is 0. The number of nitrogens with zero attached hydrogens (tertiary/aromatic N) is 1. The smallest absolute Gasteiger partial charge is 0.347 e. The molecule has 7 heteroatoms. The summed E-state index contributed by atoms with van der Waals surface area (Å²) in [6.07, 6.45) is -2.58. The number of halogens is 3. The van der Waals surface area contributed by atoms with E-state index in [-0.39, 0.29) is 11.3 Å². The SMILES string of the molecule is CC1(CN2CCC(C(=O)NCC(F)(F)F)C2)CCNC1. The molecule has 2 aliphatic heterocycles. The van der Waals surface area contributed by atoms with Crippen LogP contribution in [-0.4, -0.2) is 56.3 Å². The van der Waals surface area contributed by atoms with Gasteiger partial charge in [-0.1, -0.05) is 6.92 Å². The predicted octanol–water partition coefficient (Wildman–Crippen LogP) is 0.986. The molecule has 2 unspecified atom stereocenters. The summed E-state index contributed by atoms with van der Waals surface area (Å²) < 4.78 is 36.2. The maximum absolute atomic E-state index is 12.1. The fraction of sp³-hybridized carbons (Fsp3) is 0.923. The Bertz CT molecular complexity index is 353. The minimum Gasteiger partial charge on any atom is -0.347 e. The molecule has 2 N–H and O–H groups in total. The first-order valence-corrected chi connectivity index (χ1v) is 7.05. The van der Waals surface area contributed by atoms with Crippen LogP contribution in [0.15, 0.2) is 0 Å². The first-order valence-electron chi connectivity index (χ1n) is 7.05. The zero-order valence-electron chi connectivity index (χ0n) is 11.7. The number of rotatable bonds is 4. The standard InChI is InChI=1S/C13H22F3N3O/c1-12(3-4-17-7-12)9-19-5-2-10(6-19)11(20)18-8-13(14,15)16/h10,17H,2-9H2,1H3,(H,18,20). The first-order chi connectivity index (χ1) is 9.27. The highest BCUT2D eigenvalue weighted by Gasteiger charge is 2.36. The molecule has 0 aromatic heterocycles. The van der Waals surface area contributed by atoms with Crippen molar-refractivity contribution in [3.05, 3.63) is 0 Å². The van der Waals surface area contributed by atoms with Crippen molar-refractivity contribution in [3.8, 4) is 0 Å². The van der Waals surface area contributed by atoms with Crippen LogP contribution in [0.4, 0.5) is 13.2 Å². The molecule has 2 fully saturated rings. The van der Waals surface area contributed by atoms with E-state index < -0.39 is 18.6 Å². The molecule has 4 nitrogen and oxygen atoms in total. The summed E-state index contributed by atoms with van der Waals surface area (Å²) in [5.74, 6) is -0.783. The fourth-order valence-corrected chi connectivity index (χ4v) is 3.07. The molecule has 2 aliphatic rings. The topological polar surface area (TPSA) is 44.4 Å². The van der Waals surface area contributed by atoms with Gasteiger partial charge in [0.15, 0.2) is 0 Å². The van der Waals surface area contributed by atoms with Crippen molar-refractivity contribution in [2.75, 3.05) is 39.3 Å². The minimum absolute atomic E-state index is 0.220. The van der Waals surface area contributed by atoms with Crippen LogP contribution in [0, 0.1) is 11.3 Å². The van der Waals surface area contributed by atoms with Crippen LogP contribution in [-0.2, 0) is 4.79 Å². The molecule has 0 bridgehead atoms. The van der Waals surface area contributed by atoms with Crippen molar-refractivity contribution in [2.45, 2.75) is 25.9 Å². The van der Waals surface area contributed by atoms with E-state index in [1.807, 2.05) is 5.32 Å². The van der Waals surface area contributed by atoms with Gasteiger partial charge < -0.3 is 15.5 Å². The van der Waals surface area contributed by atoms with Gasteiger partial charge in [0.2, 0.25) is 5.91 Å². The molecule has 0 spiro atoms. The van der Waals surface area contributed by atoms with E-state index in [0.29, 0.717) is 13.0 Å². The molecule has 116 valence electrons. The number of alkyl halides is 3. The largest absolute Gasteiger partial charge is 0.405 e. The third-order valence-corrected chi connectivity index (χ3v) is 4.17. The van der Waals surface area contributed by atoms with Crippen LogP contribution in [0.5, 0.6) is 0 Å². The second kappa shape index (κ2) is 5.89. The van der Waals surface area contributed by atoms with Crippen LogP contribution in [0.2, 0.25) is 0 Å². The van der Waals surface area contributed by atoms with E-state index >= 15 is 0 Å². The van der Waals surface area contributed by atoms with E-state index in [1.165, 1.54) is 0 Å². The normalized spacial score (nSPS) is 31.7. The zero-order valence-corrected chi connectivity index (χ0v) is 11.7. The van der Waals surface area contributed by atoms with E-state index in [4.69, 9.17) is 0 Å². The highest BCUT2D eigenvalue weighted by molar-refractivity contribution is 5.79. The van der Waals surface area contributed by atoms with E-state index in [0.717, 1.165) is 32.6 Å². The van der Waals surface area contributed by atoms with Gasteiger partial charge in [-0.15, -0.1) is 0 Å². The van der Waals surface area contributed by atoms with Crippen LogP contribution >= 0.6 is 0 Å². The number of likely N-dealkylation sites (tertiary alicyclic amines) is 1. The number of nitrogens with one attached hydrogen (secondary N) is 2. The van der Waals surface area contributed by atoms with Gasteiger partial charge in [-0.2, -0.15) is 13.2 Å². The summed E-state index contributed by atoms with van der Waals surface area (Å²) in [6, 6.07) is 0. The van der Waals surface area contributed by atoms with Gasteiger partial charge in [-0.05, 0) is 31.3 Å². The Morgan fingerprint density at radius 2 is 2.25 bits per heavy atom. The second-order valence-electron chi connectivity index (χ2n) is 6.29. The quantitative estimate of drug-likeness (QED) is 0.812. The molecule has 1 amide bonds. The van der Waals surface area contributed by atoms with Crippen LogP contribution in [0.25, 0.3) is 0 Å². The molecule has 2 heterocycles. The van der Waals surface area contributed by atoms with Crippen molar-refractivity contribution in [3.63, 3.8) is 0 Å². The molecule has 2 atom stereocenters. The molecule has 0 saturated carbocycles. The molecule has 2 rings (SSSR count). The molecule has 0 aliphatic carbocycles. The Kier molecular flexibility index (Phi) is 4.59. The Morgan fingerprint density at radius 1 is 1.50 bits per heavy atom. The van der Waals surface area contributed by atoms with Crippen molar-refractivity contribution in [1.82, 2.24) is 15.5 Å². The van der Waals surface area contributed by atoms with Gasteiger partial charge >= 0.3 is 6.18 Å². The summed E-state index contributed by atoms with van der Waals surface area (Å²) in [6.45, 7) is 5.23.